The van der Waals surface area contributed by atoms with E-state index in [0.29, 0.717) is 4.86 Å². The van der Waals surface area contributed by atoms with Gasteiger partial charge in [-0.05, 0) is 26.8 Å². The van der Waals surface area contributed by atoms with E-state index in [1.54, 1.807) is 26.8 Å². The molecule has 1 aliphatic rings. The molecule has 0 N–H and O–H groups in total. The molecule has 4 nitrogen and oxygen atoms in total. The highest BCUT2D eigenvalue weighted by Gasteiger charge is 2.23. The maximum Gasteiger partial charge on any atom is 0.326 e. The Morgan fingerprint density at radius 3 is 2.69 bits per heavy atom. The van der Waals surface area contributed by atoms with Crippen molar-refractivity contribution in [2.75, 3.05) is 6.54 Å². The Kier molecular flexibility index (Phi) is 3.80. The maximum atomic E-state index is 11.5. The summed E-state index contributed by atoms with van der Waals surface area (Å²) < 4.78 is 5.12. The number of rotatable bonds is 2. The van der Waals surface area contributed by atoms with Crippen molar-refractivity contribution in [1.29, 1.82) is 0 Å². The number of amides is 1. The van der Waals surface area contributed by atoms with Crippen LogP contribution >= 0.6 is 12.2 Å². The Bertz CT molecular complexity index is 355. The fourth-order valence-corrected chi connectivity index (χ4v) is 1.40. The molecule has 0 aromatic carbocycles. The van der Waals surface area contributed by atoms with Crippen LogP contribution in [0.15, 0.2) is 12.3 Å². The van der Waals surface area contributed by atoms with Crippen molar-refractivity contribution in [3.05, 3.63) is 12.3 Å². The summed E-state index contributed by atoms with van der Waals surface area (Å²) in [5.74, 6) is -0.586. The molecule has 16 heavy (non-hydrogen) atoms. The zero-order valence-corrected chi connectivity index (χ0v) is 10.5. The predicted octanol–water partition coefficient (Wildman–Crippen LogP) is 1.44. The van der Waals surface area contributed by atoms with Crippen LogP contribution in [-0.4, -0.2) is 33.8 Å². The van der Waals surface area contributed by atoms with Crippen molar-refractivity contribution in [3.63, 3.8) is 0 Å². The molecule has 0 aromatic heterocycles. The van der Waals surface area contributed by atoms with E-state index in [2.05, 4.69) is 0 Å². The van der Waals surface area contributed by atoms with Gasteiger partial charge in [0, 0.05) is 11.1 Å². The highest BCUT2D eigenvalue weighted by molar-refractivity contribution is 7.80. The van der Waals surface area contributed by atoms with E-state index < -0.39 is 11.6 Å². The van der Waals surface area contributed by atoms with Gasteiger partial charge in [-0.3, -0.25) is 9.59 Å². The maximum absolute atomic E-state index is 11.5. The number of allylic oxidation sites excluding steroid dienone is 1. The number of thiocarbonyl (C=S) groups is 1. The van der Waals surface area contributed by atoms with E-state index in [4.69, 9.17) is 17.0 Å². The average molecular weight is 241 g/mol. The summed E-state index contributed by atoms with van der Waals surface area (Å²) >= 11 is 4.89. The van der Waals surface area contributed by atoms with Crippen molar-refractivity contribution in [2.45, 2.75) is 32.8 Å². The minimum absolute atomic E-state index is 0.0603. The normalized spacial score (nSPS) is 16.6. The molecular weight excluding hydrogens is 226 g/mol. The molecule has 0 unspecified atom stereocenters. The summed E-state index contributed by atoms with van der Waals surface area (Å²) in [5.41, 5.74) is -0.533. The fourth-order valence-electron chi connectivity index (χ4n) is 1.22. The number of carbonyl (C=O) groups is 2. The Morgan fingerprint density at radius 2 is 2.19 bits per heavy atom. The van der Waals surface area contributed by atoms with Crippen LogP contribution in [-0.2, 0) is 14.3 Å². The van der Waals surface area contributed by atoms with E-state index in [0.717, 1.165) is 0 Å². The zero-order chi connectivity index (χ0) is 12.3. The summed E-state index contributed by atoms with van der Waals surface area (Å²) in [6, 6.07) is 0. The van der Waals surface area contributed by atoms with Crippen LogP contribution in [0.4, 0.5) is 0 Å². The van der Waals surface area contributed by atoms with Crippen molar-refractivity contribution in [2.24, 2.45) is 0 Å². The largest absolute Gasteiger partial charge is 0.459 e. The molecule has 0 saturated carbocycles. The first-order valence-corrected chi connectivity index (χ1v) is 5.41. The molecule has 0 radical (unpaired) electrons. The first-order chi connectivity index (χ1) is 7.28. The lowest BCUT2D eigenvalue weighted by atomic mass is 10.2. The number of ether oxygens (including phenoxy) is 1. The van der Waals surface area contributed by atoms with Gasteiger partial charge in [-0.2, -0.15) is 0 Å². The van der Waals surface area contributed by atoms with Crippen molar-refractivity contribution < 1.29 is 14.3 Å². The standard InChI is InChI=1S/C11H15NO3S/c1-11(2,3)15-10(14)7-12-5-4-8(16)6-9(12)13/h4-5H,6-7H2,1-3H3. The Hall–Kier alpha value is -1.23. The number of nitrogens with zero attached hydrogens (tertiary/aromatic N) is 1. The van der Waals surface area contributed by atoms with Crippen LogP contribution in [0.3, 0.4) is 0 Å². The summed E-state index contributed by atoms with van der Waals surface area (Å²) in [6.07, 6.45) is 3.37. The zero-order valence-electron chi connectivity index (χ0n) is 9.65. The second kappa shape index (κ2) is 4.74. The van der Waals surface area contributed by atoms with Crippen molar-refractivity contribution >= 4 is 29.0 Å². The summed E-state index contributed by atoms with van der Waals surface area (Å²) in [6.45, 7) is 5.30. The van der Waals surface area contributed by atoms with Crippen LogP contribution in [0.1, 0.15) is 27.2 Å². The van der Waals surface area contributed by atoms with Gasteiger partial charge in [-0.25, -0.2) is 0 Å². The Balaban J connectivity index is 2.55. The van der Waals surface area contributed by atoms with Gasteiger partial charge in [-0.15, -0.1) is 0 Å². The molecule has 0 fully saturated rings. The quantitative estimate of drug-likeness (QED) is 0.542. The first-order valence-electron chi connectivity index (χ1n) is 5.00. The molecule has 88 valence electrons. The lowest BCUT2D eigenvalue weighted by Crippen LogP contribution is -2.37. The van der Waals surface area contributed by atoms with Crippen LogP contribution in [0.5, 0.6) is 0 Å². The summed E-state index contributed by atoms with van der Waals surface area (Å²) in [4.78, 5) is 24.9. The number of hydrogen-bond donors (Lipinski definition) is 0. The van der Waals surface area contributed by atoms with E-state index in [9.17, 15) is 9.59 Å². The third-order valence-corrected chi connectivity index (χ3v) is 2.09. The number of carbonyl (C=O) groups excluding carboxylic acids is 2. The van der Waals surface area contributed by atoms with Gasteiger partial charge in [0.25, 0.3) is 0 Å². The molecule has 1 amide bonds. The van der Waals surface area contributed by atoms with Crippen LogP contribution in [0, 0.1) is 0 Å². The van der Waals surface area contributed by atoms with Gasteiger partial charge in [0.1, 0.15) is 12.1 Å². The Labute approximate surface area is 100 Å². The lowest BCUT2D eigenvalue weighted by Gasteiger charge is -2.24. The monoisotopic (exact) mass is 241 g/mol. The second-order valence-electron chi connectivity index (χ2n) is 4.57. The van der Waals surface area contributed by atoms with Gasteiger partial charge in [0.2, 0.25) is 5.91 Å². The molecule has 0 atom stereocenters. The SMILES string of the molecule is CC(C)(C)OC(=O)CN1C=CC(=S)CC1=O. The predicted molar refractivity (Wildman–Crippen MR) is 63.9 cm³/mol. The van der Waals surface area contributed by atoms with Gasteiger partial charge in [-0.1, -0.05) is 12.2 Å². The van der Waals surface area contributed by atoms with E-state index in [1.807, 2.05) is 0 Å². The first kappa shape index (κ1) is 12.8. The topological polar surface area (TPSA) is 46.6 Å². The molecule has 0 saturated heterocycles. The Morgan fingerprint density at radius 1 is 1.56 bits per heavy atom. The van der Waals surface area contributed by atoms with Gasteiger partial charge >= 0.3 is 5.97 Å². The van der Waals surface area contributed by atoms with E-state index in [1.165, 1.54) is 11.1 Å². The smallest absolute Gasteiger partial charge is 0.326 e. The minimum Gasteiger partial charge on any atom is -0.459 e. The third kappa shape index (κ3) is 4.10. The minimum atomic E-state index is -0.533. The van der Waals surface area contributed by atoms with E-state index >= 15 is 0 Å². The summed E-state index contributed by atoms with van der Waals surface area (Å²) in [5, 5.41) is 0. The highest BCUT2D eigenvalue weighted by Crippen LogP contribution is 2.10. The third-order valence-electron chi connectivity index (χ3n) is 1.81. The van der Waals surface area contributed by atoms with Gasteiger partial charge in [0.05, 0.1) is 6.42 Å². The molecule has 0 aromatic rings. The van der Waals surface area contributed by atoms with Crippen LogP contribution in [0.2, 0.25) is 0 Å². The average Bonchev–Trinajstić information content (AvgIpc) is 2.06. The van der Waals surface area contributed by atoms with Crippen LogP contribution < -0.4 is 0 Å². The van der Waals surface area contributed by atoms with Crippen molar-refractivity contribution in [1.82, 2.24) is 4.90 Å². The lowest BCUT2D eigenvalue weighted by molar-refractivity contribution is -0.157. The second-order valence-corrected chi connectivity index (χ2v) is 5.09. The molecule has 5 heteroatoms. The van der Waals surface area contributed by atoms with Crippen LogP contribution in [0.25, 0.3) is 0 Å². The molecule has 1 rings (SSSR count). The molecule has 1 aliphatic heterocycles. The number of hydrogen-bond acceptors (Lipinski definition) is 4. The molecule has 0 bridgehead atoms. The highest BCUT2D eigenvalue weighted by atomic mass is 32.1. The van der Waals surface area contributed by atoms with Gasteiger partial charge < -0.3 is 9.64 Å². The molecule has 0 spiro atoms. The fraction of sp³-hybridized carbons (Fsp3) is 0.545. The van der Waals surface area contributed by atoms with E-state index in [-0.39, 0.29) is 18.9 Å². The molecule has 1 heterocycles. The van der Waals surface area contributed by atoms with Gasteiger partial charge in [0.15, 0.2) is 0 Å². The van der Waals surface area contributed by atoms with Crippen molar-refractivity contribution in [3.8, 4) is 0 Å². The molecular formula is C11H15NO3S. The summed E-state index contributed by atoms with van der Waals surface area (Å²) in [7, 11) is 0. The number of esters is 1. The molecule has 0 aliphatic carbocycles.